The van der Waals surface area contributed by atoms with Gasteiger partial charge in [-0.1, -0.05) is 0 Å². The predicted molar refractivity (Wildman–Crippen MR) is 77.6 cm³/mol. The van der Waals surface area contributed by atoms with Crippen LogP contribution in [0.4, 0.5) is 10.5 Å². The summed E-state index contributed by atoms with van der Waals surface area (Å²) in [6, 6.07) is 3.53. The van der Waals surface area contributed by atoms with Crippen molar-refractivity contribution >= 4 is 29.4 Å². The Hall–Kier alpha value is -1.89. The summed E-state index contributed by atoms with van der Waals surface area (Å²) in [6.07, 6.45) is 4.22. The number of benzene rings is 1. The number of phenols is 1. The number of thioether (sulfide) groups is 1. The lowest BCUT2D eigenvalue weighted by atomic mass is 10.2. The normalized spacial score (nSPS) is 15.4. The fraction of sp³-hybridized carbons (Fsp3) is 0.385. The van der Waals surface area contributed by atoms with Gasteiger partial charge in [0.1, 0.15) is 11.3 Å². The molecule has 0 atom stereocenters. The maximum atomic E-state index is 11.7. The third-order valence-corrected chi connectivity index (χ3v) is 4.72. The van der Waals surface area contributed by atoms with Gasteiger partial charge in [-0.15, -0.1) is 0 Å². The minimum atomic E-state index is -1.21. The highest BCUT2D eigenvalue weighted by molar-refractivity contribution is 8.00. The van der Waals surface area contributed by atoms with Gasteiger partial charge in [-0.3, -0.25) is 0 Å². The van der Waals surface area contributed by atoms with E-state index in [0.29, 0.717) is 12.2 Å². The third kappa shape index (κ3) is 3.36. The number of aromatic hydroxyl groups is 1. The molecule has 6 nitrogen and oxygen atoms in total. The van der Waals surface area contributed by atoms with Crippen molar-refractivity contribution in [2.24, 2.45) is 0 Å². The van der Waals surface area contributed by atoms with Gasteiger partial charge in [0.2, 0.25) is 0 Å². The van der Waals surface area contributed by atoms with Crippen molar-refractivity contribution in [3.8, 4) is 5.75 Å². The van der Waals surface area contributed by atoms with Crippen molar-refractivity contribution < 1.29 is 19.8 Å². The van der Waals surface area contributed by atoms with Crippen LogP contribution in [0.15, 0.2) is 18.2 Å². The van der Waals surface area contributed by atoms with E-state index < -0.39 is 5.97 Å². The molecular formula is C13H16N2O4S. The quantitative estimate of drug-likeness (QED) is 0.667. The average Bonchev–Trinajstić information content (AvgIpc) is 3.17. The summed E-state index contributed by atoms with van der Waals surface area (Å²) < 4.78 is 0.173. The zero-order valence-corrected chi connectivity index (χ0v) is 11.8. The Morgan fingerprint density at radius 1 is 1.40 bits per heavy atom. The highest BCUT2D eigenvalue weighted by Crippen LogP contribution is 2.46. The summed E-state index contributed by atoms with van der Waals surface area (Å²) in [4.78, 5) is 22.4. The number of amides is 2. The second-order valence-electron chi connectivity index (χ2n) is 4.73. The van der Waals surface area contributed by atoms with Gasteiger partial charge in [-0.05, 0) is 31.2 Å². The summed E-state index contributed by atoms with van der Waals surface area (Å²) in [5.41, 5.74) is 0.147. The first kappa shape index (κ1) is 14.5. The maximum absolute atomic E-state index is 11.7. The van der Waals surface area contributed by atoms with Gasteiger partial charge < -0.3 is 20.8 Å². The van der Waals surface area contributed by atoms with Crippen LogP contribution in [0, 0.1) is 0 Å². The Morgan fingerprint density at radius 2 is 2.10 bits per heavy atom. The average molecular weight is 296 g/mol. The third-order valence-electron chi connectivity index (χ3n) is 3.30. The first-order chi connectivity index (χ1) is 9.46. The Labute approximate surface area is 120 Å². The number of carboxylic acid groups (broad SMARTS) is 1. The van der Waals surface area contributed by atoms with Crippen LogP contribution in [0.3, 0.4) is 0 Å². The number of rotatable bonds is 5. The molecule has 0 unspecified atom stereocenters. The zero-order valence-electron chi connectivity index (χ0n) is 11.0. The molecule has 0 aliphatic heterocycles. The van der Waals surface area contributed by atoms with E-state index >= 15 is 0 Å². The van der Waals surface area contributed by atoms with Crippen LogP contribution in [0.1, 0.15) is 23.2 Å². The fourth-order valence-corrected chi connectivity index (χ4v) is 2.53. The van der Waals surface area contributed by atoms with Crippen molar-refractivity contribution in [2.75, 3.05) is 18.1 Å². The van der Waals surface area contributed by atoms with Crippen molar-refractivity contribution in [1.82, 2.24) is 5.32 Å². The molecule has 0 heterocycles. The second kappa shape index (κ2) is 5.62. The first-order valence-corrected chi connectivity index (χ1v) is 7.34. The lowest BCUT2D eigenvalue weighted by Crippen LogP contribution is -2.35. The molecule has 108 valence electrons. The largest absolute Gasteiger partial charge is 0.507 e. The highest BCUT2D eigenvalue weighted by atomic mass is 32.2. The van der Waals surface area contributed by atoms with Crippen LogP contribution in [-0.2, 0) is 0 Å². The maximum Gasteiger partial charge on any atom is 0.339 e. The van der Waals surface area contributed by atoms with Gasteiger partial charge >= 0.3 is 12.0 Å². The summed E-state index contributed by atoms with van der Waals surface area (Å²) in [5, 5.41) is 23.6. The summed E-state index contributed by atoms with van der Waals surface area (Å²) in [6.45, 7) is 0.596. The Balaban J connectivity index is 1.91. The molecule has 1 aliphatic carbocycles. The van der Waals surface area contributed by atoms with Crippen LogP contribution in [0.2, 0.25) is 0 Å². The highest BCUT2D eigenvalue weighted by Gasteiger charge is 2.41. The van der Waals surface area contributed by atoms with E-state index in [1.807, 2.05) is 6.26 Å². The van der Waals surface area contributed by atoms with E-state index in [2.05, 4.69) is 10.6 Å². The molecule has 1 aromatic carbocycles. The fourth-order valence-electron chi connectivity index (χ4n) is 1.80. The molecule has 2 rings (SSSR count). The number of aromatic carboxylic acids is 1. The van der Waals surface area contributed by atoms with Crippen molar-refractivity contribution in [2.45, 2.75) is 17.6 Å². The van der Waals surface area contributed by atoms with Crippen LogP contribution >= 0.6 is 11.8 Å². The summed E-state index contributed by atoms with van der Waals surface area (Å²) in [5.74, 6) is -1.59. The van der Waals surface area contributed by atoms with Gasteiger partial charge in [0.15, 0.2) is 0 Å². The lowest BCUT2D eigenvalue weighted by Gasteiger charge is -2.14. The predicted octanol–water partition coefficient (Wildman–Crippen LogP) is 2.11. The number of carboxylic acids is 1. The van der Waals surface area contributed by atoms with Gasteiger partial charge in [-0.25, -0.2) is 9.59 Å². The number of carbonyl (C=O) groups excluding carboxylic acids is 1. The second-order valence-corrected chi connectivity index (χ2v) is 6.01. The number of hydrogen-bond acceptors (Lipinski definition) is 4. The standard InChI is InChI=1S/C13H16N2O4S/c1-20-13(4-5-13)7-14-12(19)15-8-2-3-9(11(17)18)10(16)6-8/h2-3,6,16H,4-5,7H2,1H3,(H,17,18)(H2,14,15,19). The van der Waals surface area contributed by atoms with Crippen LogP contribution in [0.5, 0.6) is 5.75 Å². The Bertz CT molecular complexity index is 543. The molecule has 1 saturated carbocycles. The smallest absolute Gasteiger partial charge is 0.339 e. The molecule has 0 aromatic heterocycles. The first-order valence-electron chi connectivity index (χ1n) is 6.12. The molecular weight excluding hydrogens is 280 g/mol. The molecule has 1 fully saturated rings. The van der Waals surface area contributed by atoms with E-state index in [-0.39, 0.29) is 22.1 Å². The molecule has 0 bridgehead atoms. The zero-order chi connectivity index (χ0) is 14.8. The molecule has 4 N–H and O–H groups in total. The molecule has 20 heavy (non-hydrogen) atoms. The van der Waals surface area contributed by atoms with Crippen LogP contribution in [0.25, 0.3) is 0 Å². The lowest BCUT2D eigenvalue weighted by molar-refractivity contribution is 0.0694. The number of nitrogens with one attached hydrogen (secondary N) is 2. The summed E-state index contributed by atoms with van der Waals surface area (Å²) in [7, 11) is 0. The minimum Gasteiger partial charge on any atom is -0.507 e. The minimum absolute atomic E-state index is 0.173. The Kier molecular flexibility index (Phi) is 4.08. The van der Waals surface area contributed by atoms with Crippen LogP contribution in [-0.4, -0.2) is 39.8 Å². The molecule has 0 radical (unpaired) electrons. The molecule has 1 aromatic rings. The van der Waals surface area contributed by atoms with E-state index in [9.17, 15) is 14.7 Å². The molecule has 0 saturated heterocycles. The Morgan fingerprint density at radius 3 is 2.60 bits per heavy atom. The van der Waals surface area contributed by atoms with E-state index in [4.69, 9.17) is 5.11 Å². The van der Waals surface area contributed by atoms with Crippen molar-refractivity contribution in [1.29, 1.82) is 0 Å². The number of anilines is 1. The monoisotopic (exact) mass is 296 g/mol. The molecule has 7 heteroatoms. The number of hydrogen-bond donors (Lipinski definition) is 4. The number of urea groups is 1. The van der Waals surface area contributed by atoms with Crippen molar-refractivity contribution in [3.05, 3.63) is 23.8 Å². The van der Waals surface area contributed by atoms with Gasteiger partial charge in [-0.2, -0.15) is 11.8 Å². The molecule has 1 aliphatic rings. The summed E-state index contributed by atoms with van der Waals surface area (Å²) >= 11 is 1.75. The molecule has 2 amide bonds. The van der Waals surface area contributed by atoms with Gasteiger partial charge in [0.25, 0.3) is 0 Å². The number of carbonyl (C=O) groups is 2. The van der Waals surface area contributed by atoms with Gasteiger partial charge in [0, 0.05) is 23.0 Å². The topological polar surface area (TPSA) is 98.7 Å². The van der Waals surface area contributed by atoms with Crippen LogP contribution < -0.4 is 10.6 Å². The van der Waals surface area contributed by atoms with Crippen molar-refractivity contribution in [3.63, 3.8) is 0 Å². The molecule has 0 spiro atoms. The SMILES string of the molecule is CSC1(CNC(=O)Nc2ccc(C(=O)O)c(O)c2)CC1. The van der Waals surface area contributed by atoms with Gasteiger partial charge in [0.05, 0.1) is 0 Å². The van der Waals surface area contributed by atoms with E-state index in [0.717, 1.165) is 12.8 Å². The van der Waals surface area contributed by atoms with E-state index in [1.54, 1.807) is 11.8 Å². The van der Waals surface area contributed by atoms with E-state index in [1.165, 1.54) is 18.2 Å².